The molecule has 0 atom stereocenters. The Labute approximate surface area is 116 Å². The maximum atomic E-state index is 12.0. The van der Waals surface area contributed by atoms with Gasteiger partial charge in [0.1, 0.15) is 0 Å². The van der Waals surface area contributed by atoms with Gasteiger partial charge in [-0.25, -0.2) is 0 Å². The Hall–Kier alpha value is -1.35. The number of hydrogen-bond donors (Lipinski definition) is 1. The standard InChI is InChI=1S/C16H24N2O/c1-14-8-11-18(12-9-14)16(19)7-10-17-13-15-5-3-2-4-6-15/h2-6,14,17H,7-13H2,1H3. The van der Waals surface area contributed by atoms with E-state index in [1.54, 1.807) is 0 Å². The van der Waals surface area contributed by atoms with Gasteiger partial charge in [0.15, 0.2) is 0 Å². The minimum absolute atomic E-state index is 0.299. The summed E-state index contributed by atoms with van der Waals surface area (Å²) in [4.78, 5) is 14.0. The number of hydrogen-bond acceptors (Lipinski definition) is 2. The number of rotatable bonds is 5. The molecule has 1 aromatic rings. The highest BCUT2D eigenvalue weighted by Crippen LogP contribution is 2.16. The van der Waals surface area contributed by atoms with Crippen molar-refractivity contribution >= 4 is 5.91 Å². The summed E-state index contributed by atoms with van der Waals surface area (Å²) in [6, 6.07) is 10.3. The molecule has 1 aliphatic rings. The van der Waals surface area contributed by atoms with Crippen LogP contribution in [0.5, 0.6) is 0 Å². The molecular formula is C16H24N2O. The number of benzene rings is 1. The monoisotopic (exact) mass is 260 g/mol. The molecule has 0 bridgehead atoms. The van der Waals surface area contributed by atoms with E-state index < -0.39 is 0 Å². The summed E-state index contributed by atoms with van der Waals surface area (Å²) in [5.41, 5.74) is 1.27. The highest BCUT2D eigenvalue weighted by molar-refractivity contribution is 5.76. The van der Waals surface area contributed by atoms with Crippen LogP contribution in [0.1, 0.15) is 31.7 Å². The van der Waals surface area contributed by atoms with Crippen LogP contribution in [0, 0.1) is 5.92 Å². The van der Waals surface area contributed by atoms with Gasteiger partial charge in [-0.15, -0.1) is 0 Å². The largest absolute Gasteiger partial charge is 0.343 e. The van der Waals surface area contributed by atoms with E-state index in [-0.39, 0.29) is 0 Å². The van der Waals surface area contributed by atoms with Gasteiger partial charge in [-0.1, -0.05) is 37.3 Å². The highest BCUT2D eigenvalue weighted by Gasteiger charge is 2.19. The number of piperidine rings is 1. The Morgan fingerprint density at radius 1 is 1.26 bits per heavy atom. The van der Waals surface area contributed by atoms with E-state index in [0.717, 1.165) is 44.9 Å². The second kappa shape index (κ2) is 7.29. The lowest BCUT2D eigenvalue weighted by Crippen LogP contribution is -2.39. The van der Waals surface area contributed by atoms with Gasteiger partial charge in [-0.2, -0.15) is 0 Å². The molecule has 104 valence electrons. The molecule has 0 radical (unpaired) electrons. The molecule has 3 nitrogen and oxygen atoms in total. The topological polar surface area (TPSA) is 32.3 Å². The quantitative estimate of drug-likeness (QED) is 0.825. The molecule has 3 heteroatoms. The van der Waals surface area contributed by atoms with Crippen molar-refractivity contribution < 1.29 is 4.79 Å². The first-order chi connectivity index (χ1) is 9.25. The minimum Gasteiger partial charge on any atom is -0.343 e. The molecule has 0 saturated carbocycles. The first kappa shape index (κ1) is 14.1. The SMILES string of the molecule is CC1CCN(C(=O)CCNCc2ccccc2)CC1. The number of nitrogens with one attached hydrogen (secondary N) is 1. The van der Waals surface area contributed by atoms with Crippen LogP contribution >= 0.6 is 0 Å². The predicted molar refractivity (Wildman–Crippen MR) is 77.7 cm³/mol. The van der Waals surface area contributed by atoms with Crippen molar-refractivity contribution in [2.24, 2.45) is 5.92 Å². The fraction of sp³-hybridized carbons (Fsp3) is 0.562. The summed E-state index contributed by atoms with van der Waals surface area (Å²) in [7, 11) is 0. The first-order valence-electron chi connectivity index (χ1n) is 7.28. The number of carbonyl (C=O) groups excluding carboxylic acids is 1. The number of nitrogens with zero attached hydrogens (tertiary/aromatic N) is 1. The van der Waals surface area contributed by atoms with Crippen LogP contribution in [0.3, 0.4) is 0 Å². The summed E-state index contributed by atoms with van der Waals surface area (Å²) in [6.45, 7) is 5.76. The first-order valence-corrected chi connectivity index (χ1v) is 7.28. The van der Waals surface area contributed by atoms with E-state index in [1.807, 2.05) is 23.1 Å². The van der Waals surface area contributed by atoms with Gasteiger partial charge in [0.05, 0.1) is 0 Å². The normalized spacial score (nSPS) is 16.6. The Morgan fingerprint density at radius 2 is 1.95 bits per heavy atom. The molecule has 1 N–H and O–H groups in total. The molecule has 1 saturated heterocycles. The van der Waals surface area contributed by atoms with Crippen LogP contribution < -0.4 is 5.32 Å². The van der Waals surface area contributed by atoms with Crippen LogP contribution in [0.25, 0.3) is 0 Å². The maximum Gasteiger partial charge on any atom is 0.223 e. The van der Waals surface area contributed by atoms with Crippen molar-refractivity contribution in [2.45, 2.75) is 32.7 Å². The molecule has 1 amide bonds. The van der Waals surface area contributed by atoms with Gasteiger partial charge in [-0.05, 0) is 24.3 Å². The van der Waals surface area contributed by atoms with Crippen molar-refractivity contribution in [3.63, 3.8) is 0 Å². The zero-order valence-corrected chi connectivity index (χ0v) is 11.8. The smallest absolute Gasteiger partial charge is 0.223 e. The third-order valence-electron chi connectivity index (χ3n) is 3.82. The molecule has 1 fully saturated rings. The van der Waals surface area contributed by atoms with Gasteiger partial charge >= 0.3 is 0 Å². The highest BCUT2D eigenvalue weighted by atomic mass is 16.2. The molecular weight excluding hydrogens is 236 g/mol. The summed E-state index contributed by atoms with van der Waals surface area (Å²) < 4.78 is 0. The van der Waals surface area contributed by atoms with Crippen LogP contribution in [0.4, 0.5) is 0 Å². The number of carbonyl (C=O) groups is 1. The van der Waals surface area contributed by atoms with Crippen LogP contribution in [0.2, 0.25) is 0 Å². The zero-order chi connectivity index (χ0) is 13.5. The zero-order valence-electron chi connectivity index (χ0n) is 11.8. The molecule has 1 heterocycles. The van der Waals surface area contributed by atoms with Gasteiger partial charge < -0.3 is 10.2 Å². The molecule has 0 aromatic heterocycles. The summed E-state index contributed by atoms with van der Waals surface area (Å²) in [5, 5.41) is 3.33. The molecule has 0 spiro atoms. The second-order valence-electron chi connectivity index (χ2n) is 5.48. The lowest BCUT2D eigenvalue weighted by Gasteiger charge is -2.30. The van der Waals surface area contributed by atoms with Crippen LogP contribution in [-0.4, -0.2) is 30.4 Å². The van der Waals surface area contributed by atoms with E-state index in [9.17, 15) is 4.79 Å². The van der Waals surface area contributed by atoms with E-state index in [1.165, 1.54) is 5.56 Å². The Morgan fingerprint density at radius 3 is 2.63 bits per heavy atom. The van der Waals surface area contributed by atoms with E-state index >= 15 is 0 Å². The fourth-order valence-corrected chi connectivity index (χ4v) is 2.44. The van der Waals surface area contributed by atoms with E-state index in [4.69, 9.17) is 0 Å². The fourth-order valence-electron chi connectivity index (χ4n) is 2.44. The van der Waals surface area contributed by atoms with Crippen molar-refractivity contribution in [1.82, 2.24) is 10.2 Å². The van der Waals surface area contributed by atoms with Crippen LogP contribution in [-0.2, 0) is 11.3 Å². The van der Waals surface area contributed by atoms with Crippen molar-refractivity contribution in [1.29, 1.82) is 0 Å². The van der Waals surface area contributed by atoms with Gasteiger partial charge in [0, 0.05) is 32.6 Å². The van der Waals surface area contributed by atoms with Crippen molar-refractivity contribution in [2.75, 3.05) is 19.6 Å². The third kappa shape index (κ3) is 4.67. The minimum atomic E-state index is 0.299. The molecule has 0 unspecified atom stereocenters. The predicted octanol–water partition coefficient (Wildman–Crippen LogP) is 2.42. The molecule has 19 heavy (non-hydrogen) atoms. The number of amides is 1. The van der Waals surface area contributed by atoms with Crippen molar-refractivity contribution in [3.8, 4) is 0 Å². The lowest BCUT2D eigenvalue weighted by molar-refractivity contribution is -0.132. The average molecular weight is 260 g/mol. The lowest BCUT2D eigenvalue weighted by atomic mass is 9.99. The molecule has 2 rings (SSSR count). The van der Waals surface area contributed by atoms with E-state index in [0.29, 0.717) is 12.3 Å². The molecule has 1 aromatic carbocycles. The van der Waals surface area contributed by atoms with Crippen molar-refractivity contribution in [3.05, 3.63) is 35.9 Å². The summed E-state index contributed by atoms with van der Waals surface area (Å²) in [5.74, 6) is 1.08. The van der Waals surface area contributed by atoms with Gasteiger partial charge in [0.25, 0.3) is 0 Å². The Bertz CT molecular complexity index is 383. The third-order valence-corrected chi connectivity index (χ3v) is 3.82. The average Bonchev–Trinajstić information content (AvgIpc) is 2.45. The Balaban J connectivity index is 1.61. The summed E-state index contributed by atoms with van der Waals surface area (Å²) in [6.07, 6.45) is 2.92. The summed E-state index contributed by atoms with van der Waals surface area (Å²) >= 11 is 0. The molecule has 0 aliphatic carbocycles. The Kier molecular flexibility index (Phi) is 5.40. The number of likely N-dealkylation sites (tertiary alicyclic amines) is 1. The van der Waals surface area contributed by atoms with Gasteiger partial charge in [-0.3, -0.25) is 4.79 Å². The van der Waals surface area contributed by atoms with Gasteiger partial charge in [0.2, 0.25) is 5.91 Å². The molecule has 1 aliphatic heterocycles. The second-order valence-corrected chi connectivity index (χ2v) is 5.48. The maximum absolute atomic E-state index is 12.0. The van der Waals surface area contributed by atoms with E-state index in [2.05, 4.69) is 24.4 Å². The van der Waals surface area contributed by atoms with Crippen LogP contribution in [0.15, 0.2) is 30.3 Å².